The van der Waals surface area contributed by atoms with E-state index in [0.29, 0.717) is 53.4 Å². The van der Waals surface area contributed by atoms with Gasteiger partial charge in [0.15, 0.2) is 0 Å². The highest BCUT2D eigenvalue weighted by Gasteiger charge is 2.12. The molecule has 5 aromatic carbocycles. The van der Waals surface area contributed by atoms with E-state index in [2.05, 4.69) is 53.1 Å². The molecule has 0 unspecified atom stereocenters. The van der Waals surface area contributed by atoms with Gasteiger partial charge in [-0.25, -0.2) is 4.79 Å². The second kappa shape index (κ2) is 16.4. The molecule has 0 radical (unpaired) electrons. The van der Waals surface area contributed by atoms with Crippen molar-refractivity contribution < 1.29 is 9.53 Å². The number of hydrogen-bond acceptors (Lipinski definition) is 13. The van der Waals surface area contributed by atoms with Gasteiger partial charge in [-0.2, -0.15) is 29.9 Å². The summed E-state index contributed by atoms with van der Waals surface area (Å²) >= 11 is 0. The Hall–Kier alpha value is -7.67. The normalized spacial score (nSPS) is 10.5. The molecule has 0 aliphatic rings. The van der Waals surface area contributed by atoms with E-state index in [-0.39, 0.29) is 0 Å². The van der Waals surface area contributed by atoms with Crippen LogP contribution in [-0.4, -0.2) is 35.9 Å². The average Bonchev–Trinajstić information content (AvgIpc) is 3.17. The van der Waals surface area contributed by atoms with E-state index in [4.69, 9.17) is 14.7 Å². The zero-order valence-corrected chi connectivity index (χ0v) is 28.3. The summed E-state index contributed by atoms with van der Waals surface area (Å²) < 4.78 is 5.18. The number of benzene rings is 5. The van der Waals surface area contributed by atoms with Crippen molar-refractivity contribution in [1.82, 2.24) is 29.9 Å². The second-order valence-electron chi connectivity index (χ2n) is 11.5. The van der Waals surface area contributed by atoms with Gasteiger partial charge in [0.05, 0.1) is 0 Å². The first-order valence-electron chi connectivity index (χ1n) is 16.6. The highest BCUT2D eigenvalue weighted by Crippen LogP contribution is 2.24. The number of para-hydroxylation sites is 3. The lowest BCUT2D eigenvalue weighted by Gasteiger charge is -2.12. The fourth-order valence-electron chi connectivity index (χ4n) is 5.02. The molecule has 0 bridgehead atoms. The number of nitrogens with zero attached hydrogens (tertiary/aromatic N) is 6. The van der Waals surface area contributed by atoms with Gasteiger partial charge in [0.2, 0.25) is 29.7 Å². The fraction of sp³-hybridized carbons (Fsp3) is 0.0250. The largest absolute Gasteiger partial charge is 0.423 e. The SMILES string of the molecule is C=CC(=O)Oc1ccc(Nc2nc(Cc3ccc(Nc4nc(Nc5ccccc5)nc(Nc5ccccc5)n4)cc3)nc(Nc3ccccc3)n2)cc1. The van der Waals surface area contributed by atoms with Gasteiger partial charge in [0.1, 0.15) is 11.6 Å². The van der Waals surface area contributed by atoms with E-state index < -0.39 is 5.97 Å². The number of carbonyl (C=O) groups excluding carboxylic acids is 1. The number of rotatable bonds is 14. The van der Waals surface area contributed by atoms with Crippen molar-refractivity contribution in [2.24, 2.45) is 0 Å². The molecule has 13 nitrogen and oxygen atoms in total. The molecule has 0 spiro atoms. The van der Waals surface area contributed by atoms with Crippen LogP contribution in [0.5, 0.6) is 5.75 Å². The van der Waals surface area contributed by atoms with E-state index >= 15 is 0 Å². The Balaban J connectivity index is 1.09. The number of esters is 1. The Bertz CT molecular complexity index is 2230. The second-order valence-corrected chi connectivity index (χ2v) is 11.5. The molecular formula is C40H33N11O2. The van der Waals surface area contributed by atoms with Crippen LogP contribution in [0.4, 0.5) is 58.2 Å². The molecule has 260 valence electrons. The first kappa shape index (κ1) is 33.8. The summed E-state index contributed by atoms with van der Waals surface area (Å²) in [6, 6.07) is 43.8. The summed E-state index contributed by atoms with van der Waals surface area (Å²) in [5, 5.41) is 16.3. The summed E-state index contributed by atoms with van der Waals surface area (Å²) in [7, 11) is 0. The monoisotopic (exact) mass is 699 g/mol. The predicted octanol–water partition coefficient (Wildman–Crippen LogP) is 8.46. The Kier molecular flexibility index (Phi) is 10.4. The number of ether oxygens (including phenoxy) is 1. The Labute approximate surface area is 305 Å². The van der Waals surface area contributed by atoms with E-state index in [1.807, 2.05) is 115 Å². The molecule has 7 aromatic rings. The summed E-state index contributed by atoms with van der Waals surface area (Å²) in [6.45, 7) is 3.43. The minimum absolute atomic E-state index is 0.345. The highest BCUT2D eigenvalue weighted by molar-refractivity contribution is 5.83. The van der Waals surface area contributed by atoms with Gasteiger partial charge in [0, 0.05) is 40.9 Å². The molecule has 0 amide bonds. The van der Waals surface area contributed by atoms with Crippen molar-refractivity contribution in [3.05, 3.63) is 164 Å². The minimum Gasteiger partial charge on any atom is -0.423 e. The zero-order chi connectivity index (χ0) is 36.2. The van der Waals surface area contributed by atoms with Gasteiger partial charge in [-0.1, -0.05) is 73.3 Å². The first-order chi connectivity index (χ1) is 26.0. The third-order valence-corrected chi connectivity index (χ3v) is 7.47. The molecule has 7 rings (SSSR count). The molecule has 0 atom stereocenters. The quantitative estimate of drug-likeness (QED) is 0.0418. The van der Waals surface area contributed by atoms with Gasteiger partial charge in [-0.3, -0.25) is 0 Å². The lowest BCUT2D eigenvalue weighted by atomic mass is 10.1. The van der Waals surface area contributed by atoms with Gasteiger partial charge >= 0.3 is 5.97 Å². The lowest BCUT2D eigenvalue weighted by Crippen LogP contribution is -2.08. The van der Waals surface area contributed by atoms with Crippen LogP contribution in [0, 0.1) is 0 Å². The maximum Gasteiger partial charge on any atom is 0.335 e. The predicted molar refractivity (Wildman–Crippen MR) is 207 cm³/mol. The van der Waals surface area contributed by atoms with E-state index in [1.54, 1.807) is 24.3 Å². The zero-order valence-electron chi connectivity index (χ0n) is 28.3. The molecule has 0 aliphatic carbocycles. The van der Waals surface area contributed by atoms with E-state index in [0.717, 1.165) is 34.4 Å². The van der Waals surface area contributed by atoms with Crippen LogP contribution in [0.15, 0.2) is 152 Å². The maximum atomic E-state index is 11.6. The standard InChI is InChI=1S/C40H33N11O2/c1-2-35(52)53-33-24-22-32(23-25-33)44-37-47-34(46-36(48-37)41-28-12-6-3-7-13-28)26-27-18-20-31(21-19-27)45-40-50-38(42-29-14-8-4-9-15-29)49-39(51-40)43-30-16-10-5-11-17-30/h2-25H,1,26H2,(H2,41,44,46,47,48)(H3,42,43,45,49,50,51). The van der Waals surface area contributed by atoms with Crippen LogP contribution >= 0.6 is 0 Å². The summed E-state index contributed by atoms with van der Waals surface area (Å²) in [4.78, 5) is 39.4. The molecule has 53 heavy (non-hydrogen) atoms. The number of carbonyl (C=O) groups is 1. The lowest BCUT2D eigenvalue weighted by molar-refractivity contribution is -0.128. The number of hydrogen-bond donors (Lipinski definition) is 5. The summed E-state index contributed by atoms with van der Waals surface area (Å²) in [5.74, 6) is 2.26. The Morgan fingerprint density at radius 2 is 0.811 bits per heavy atom. The van der Waals surface area contributed by atoms with Crippen molar-refractivity contribution in [2.75, 3.05) is 26.6 Å². The van der Waals surface area contributed by atoms with Gasteiger partial charge in [-0.05, 0) is 78.4 Å². The average molecular weight is 700 g/mol. The van der Waals surface area contributed by atoms with Crippen LogP contribution in [0.25, 0.3) is 0 Å². The molecule has 0 saturated carbocycles. The van der Waals surface area contributed by atoms with Crippen LogP contribution in [-0.2, 0) is 11.2 Å². The van der Waals surface area contributed by atoms with Crippen molar-refractivity contribution >= 4 is 64.1 Å². The van der Waals surface area contributed by atoms with Crippen LogP contribution < -0.4 is 31.3 Å². The Morgan fingerprint density at radius 1 is 0.472 bits per heavy atom. The maximum absolute atomic E-state index is 11.6. The molecule has 0 aliphatic heterocycles. The molecule has 5 N–H and O–H groups in total. The summed E-state index contributed by atoms with van der Waals surface area (Å²) in [6.07, 6.45) is 1.54. The highest BCUT2D eigenvalue weighted by atomic mass is 16.5. The molecule has 2 heterocycles. The van der Waals surface area contributed by atoms with Crippen molar-refractivity contribution in [1.29, 1.82) is 0 Å². The summed E-state index contributed by atoms with van der Waals surface area (Å²) in [5.41, 5.74) is 4.99. The van der Waals surface area contributed by atoms with E-state index in [9.17, 15) is 4.79 Å². The first-order valence-corrected chi connectivity index (χ1v) is 16.6. The molecular weight excluding hydrogens is 667 g/mol. The third-order valence-electron chi connectivity index (χ3n) is 7.47. The molecule has 0 saturated heterocycles. The molecule has 0 fully saturated rings. The topological polar surface area (TPSA) is 164 Å². The molecule has 2 aromatic heterocycles. The Morgan fingerprint density at radius 3 is 1.19 bits per heavy atom. The molecule has 13 heteroatoms. The van der Waals surface area contributed by atoms with Gasteiger partial charge in [0.25, 0.3) is 0 Å². The van der Waals surface area contributed by atoms with Crippen LogP contribution in [0.2, 0.25) is 0 Å². The van der Waals surface area contributed by atoms with E-state index in [1.165, 1.54) is 0 Å². The van der Waals surface area contributed by atoms with Crippen LogP contribution in [0.1, 0.15) is 11.4 Å². The van der Waals surface area contributed by atoms with Crippen molar-refractivity contribution in [2.45, 2.75) is 6.42 Å². The van der Waals surface area contributed by atoms with Crippen molar-refractivity contribution in [3.8, 4) is 5.75 Å². The van der Waals surface area contributed by atoms with Gasteiger partial charge < -0.3 is 31.3 Å². The van der Waals surface area contributed by atoms with Gasteiger partial charge in [-0.15, -0.1) is 0 Å². The smallest absolute Gasteiger partial charge is 0.335 e. The third kappa shape index (κ3) is 9.73. The fourth-order valence-corrected chi connectivity index (χ4v) is 5.02. The number of aromatic nitrogens is 6. The number of anilines is 10. The van der Waals surface area contributed by atoms with Crippen molar-refractivity contribution in [3.63, 3.8) is 0 Å². The minimum atomic E-state index is -0.533. The van der Waals surface area contributed by atoms with Crippen LogP contribution in [0.3, 0.4) is 0 Å². The number of nitrogens with one attached hydrogen (secondary N) is 5.